The lowest BCUT2D eigenvalue weighted by molar-refractivity contribution is -0.126. The van der Waals surface area contributed by atoms with Crippen molar-refractivity contribution in [3.8, 4) is 0 Å². The number of carbonyl (C=O) groups excluding carboxylic acids is 1. The van der Waals surface area contributed by atoms with Gasteiger partial charge in [-0.3, -0.25) is 9.78 Å². The van der Waals surface area contributed by atoms with E-state index < -0.39 is 16.0 Å². The number of aryl methyl sites for hydroxylation is 2. The number of carboxylic acid groups (broad SMARTS) is 1. The molecular weight excluding hydrogens is 502 g/mol. The summed E-state index contributed by atoms with van der Waals surface area (Å²) >= 11 is 0. The largest absolute Gasteiger partial charge is 0.478 e. The molecule has 0 radical (unpaired) electrons. The summed E-state index contributed by atoms with van der Waals surface area (Å²) in [5.41, 5.74) is 4.36. The Balaban J connectivity index is 1.32. The van der Waals surface area contributed by atoms with Crippen LogP contribution in [-0.2, 0) is 34.2 Å². The Morgan fingerprint density at radius 3 is 2.47 bits per heavy atom. The minimum absolute atomic E-state index is 0.0559. The molecule has 1 amide bonds. The molecule has 0 saturated carbocycles. The highest BCUT2D eigenvalue weighted by Crippen LogP contribution is 2.33. The minimum atomic E-state index is -3.86. The van der Waals surface area contributed by atoms with E-state index in [2.05, 4.69) is 17.2 Å². The number of benzene rings is 2. The molecule has 0 spiro atoms. The second kappa shape index (κ2) is 10.5. The topological polar surface area (TPSA) is 117 Å². The van der Waals surface area contributed by atoms with Crippen LogP contribution in [0.2, 0.25) is 0 Å². The summed E-state index contributed by atoms with van der Waals surface area (Å²) in [6, 6.07) is 12.5. The average molecular weight is 536 g/mol. The van der Waals surface area contributed by atoms with Crippen LogP contribution in [0.3, 0.4) is 0 Å². The van der Waals surface area contributed by atoms with Crippen LogP contribution in [0, 0.1) is 18.8 Å². The van der Waals surface area contributed by atoms with Gasteiger partial charge >= 0.3 is 5.97 Å². The van der Waals surface area contributed by atoms with Gasteiger partial charge in [-0.2, -0.15) is 4.31 Å². The van der Waals surface area contributed by atoms with E-state index in [9.17, 15) is 23.1 Å². The maximum atomic E-state index is 13.5. The number of amides is 1. The summed E-state index contributed by atoms with van der Waals surface area (Å²) in [6.07, 6.45) is 3.16. The molecule has 0 bridgehead atoms. The first kappa shape index (κ1) is 26.3. The van der Waals surface area contributed by atoms with Gasteiger partial charge < -0.3 is 10.4 Å². The number of fused-ring (bicyclic) bond motifs is 2. The van der Waals surface area contributed by atoms with Crippen molar-refractivity contribution >= 4 is 32.8 Å². The Hall–Kier alpha value is -3.30. The first-order valence-corrected chi connectivity index (χ1v) is 14.6. The van der Waals surface area contributed by atoms with Gasteiger partial charge in [0.05, 0.1) is 16.0 Å². The van der Waals surface area contributed by atoms with E-state index in [1.54, 1.807) is 6.07 Å². The van der Waals surface area contributed by atoms with Crippen LogP contribution in [0.25, 0.3) is 10.9 Å². The molecule has 3 aromatic rings. The number of aromatic carboxylic acids is 1. The van der Waals surface area contributed by atoms with E-state index in [-0.39, 0.29) is 35.4 Å². The van der Waals surface area contributed by atoms with Gasteiger partial charge in [0.1, 0.15) is 0 Å². The van der Waals surface area contributed by atoms with Crippen molar-refractivity contribution in [2.24, 2.45) is 11.8 Å². The third-order valence-corrected chi connectivity index (χ3v) is 9.73. The average Bonchev–Trinajstić information content (AvgIpc) is 2.90. The first-order chi connectivity index (χ1) is 18.1. The fraction of sp³-hybridized carbons (Fsp3) is 0.414. The number of nitrogens with zero attached hydrogens (tertiary/aromatic N) is 2. The predicted molar refractivity (Wildman–Crippen MR) is 144 cm³/mol. The lowest BCUT2D eigenvalue weighted by Crippen LogP contribution is -2.42. The molecule has 200 valence electrons. The highest BCUT2D eigenvalue weighted by atomic mass is 32.2. The van der Waals surface area contributed by atoms with Crippen molar-refractivity contribution in [3.05, 3.63) is 70.4 Å². The quantitative estimate of drug-likeness (QED) is 0.491. The monoisotopic (exact) mass is 535 g/mol. The lowest BCUT2D eigenvalue weighted by atomic mass is 9.84. The Morgan fingerprint density at radius 2 is 1.79 bits per heavy atom. The molecule has 8 nitrogen and oxygen atoms in total. The van der Waals surface area contributed by atoms with Crippen molar-refractivity contribution in [2.75, 3.05) is 13.1 Å². The maximum Gasteiger partial charge on any atom is 0.336 e. The van der Waals surface area contributed by atoms with E-state index in [4.69, 9.17) is 0 Å². The van der Waals surface area contributed by atoms with Gasteiger partial charge in [0.15, 0.2) is 0 Å². The zero-order valence-electron chi connectivity index (χ0n) is 21.7. The van der Waals surface area contributed by atoms with Gasteiger partial charge in [0, 0.05) is 36.6 Å². The number of sulfonamides is 1. The first-order valence-electron chi connectivity index (χ1n) is 13.2. The van der Waals surface area contributed by atoms with Crippen LogP contribution in [-0.4, -0.2) is 47.8 Å². The Bertz CT molecular complexity index is 1490. The fourth-order valence-corrected chi connectivity index (χ4v) is 7.04. The van der Waals surface area contributed by atoms with Crippen molar-refractivity contribution in [1.29, 1.82) is 0 Å². The summed E-state index contributed by atoms with van der Waals surface area (Å²) < 4.78 is 28.4. The molecule has 0 unspecified atom stereocenters. The van der Waals surface area contributed by atoms with E-state index in [1.807, 2.05) is 31.2 Å². The van der Waals surface area contributed by atoms with Crippen molar-refractivity contribution in [1.82, 2.24) is 14.6 Å². The summed E-state index contributed by atoms with van der Waals surface area (Å²) in [6.45, 7) is 5.00. The van der Waals surface area contributed by atoms with Crippen LogP contribution in [0.5, 0.6) is 0 Å². The number of pyridine rings is 1. The van der Waals surface area contributed by atoms with Gasteiger partial charge in [-0.05, 0) is 74.3 Å². The minimum Gasteiger partial charge on any atom is -0.478 e. The van der Waals surface area contributed by atoms with Crippen LogP contribution in [0.4, 0.5) is 0 Å². The summed E-state index contributed by atoms with van der Waals surface area (Å²) in [5.74, 6) is -1.03. The molecule has 2 aromatic carbocycles. The maximum absolute atomic E-state index is 13.5. The fourth-order valence-electron chi connectivity index (χ4n) is 5.54. The summed E-state index contributed by atoms with van der Waals surface area (Å²) in [4.78, 5) is 29.7. The zero-order chi connectivity index (χ0) is 27.0. The van der Waals surface area contributed by atoms with Crippen LogP contribution >= 0.6 is 0 Å². The number of carboxylic acids is 1. The van der Waals surface area contributed by atoms with Gasteiger partial charge in [-0.15, -0.1) is 0 Å². The predicted octanol–water partition coefficient (Wildman–Crippen LogP) is 4.08. The normalized spacial score (nSPS) is 18.7. The van der Waals surface area contributed by atoms with Crippen molar-refractivity contribution < 1.29 is 23.1 Å². The SMILES string of the molecule is Cc1ccc(CNC(=O)C2CCN(S(=O)(=O)c3ccc4nc5c(c(C(=O)O)c4c3)C[C@@H](C)CC5)CC2)cc1. The summed E-state index contributed by atoms with van der Waals surface area (Å²) in [7, 11) is -3.86. The molecule has 2 N–H and O–H groups in total. The molecule has 1 saturated heterocycles. The number of nitrogens with one attached hydrogen (secondary N) is 1. The molecule has 38 heavy (non-hydrogen) atoms. The molecule has 2 aliphatic rings. The van der Waals surface area contributed by atoms with E-state index >= 15 is 0 Å². The van der Waals surface area contributed by atoms with Crippen LogP contribution < -0.4 is 5.32 Å². The highest BCUT2D eigenvalue weighted by molar-refractivity contribution is 7.89. The second-order valence-corrected chi connectivity index (χ2v) is 12.6. The van der Waals surface area contributed by atoms with Crippen LogP contribution in [0.15, 0.2) is 47.4 Å². The molecule has 9 heteroatoms. The lowest BCUT2D eigenvalue weighted by Gasteiger charge is -2.30. The molecule has 5 rings (SSSR count). The Kier molecular flexibility index (Phi) is 7.24. The molecule has 2 heterocycles. The molecule has 1 fully saturated rings. The number of piperidine rings is 1. The highest BCUT2D eigenvalue weighted by Gasteiger charge is 2.33. The van der Waals surface area contributed by atoms with Gasteiger partial charge in [-0.25, -0.2) is 13.2 Å². The Morgan fingerprint density at radius 1 is 1.08 bits per heavy atom. The number of aromatic nitrogens is 1. The van der Waals surface area contributed by atoms with Gasteiger partial charge in [0.2, 0.25) is 15.9 Å². The van der Waals surface area contributed by atoms with Gasteiger partial charge in [0.25, 0.3) is 0 Å². The smallest absolute Gasteiger partial charge is 0.336 e. The second-order valence-electron chi connectivity index (χ2n) is 10.6. The Labute approximate surface area is 223 Å². The molecule has 1 atom stereocenters. The van der Waals surface area contributed by atoms with E-state index in [0.29, 0.717) is 42.6 Å². The molecule has 1 aliphatic carbocycles. The number of hydrogen-bond acceptors (Lipinski definition) is 5. The number of hydrogen-bond donors (Lipinski definition) is 2. The third kappa shape index (κ3) is 5.17. The summed E-state index contributed by atoms with van der Waals surface area (Å²) in [5, 5.41) is 13.4. The standard InChI is InChI=1S/C29H33N3O5S/c1-18-3-6-20(7-4-18)17-30-28(33)21-11-13-32(14-12-21)38(36,37)22-8-10-26-24(16-22)27(29(34)35)23-15-19(2)5-9-25(23)31-26/h3-4,6-8,10,16,19,21H,5,9,11-15,17H2,1-2H3,(H,30,33)(H,34,35)/t19-/m0/s1. The van der Waals surface area contributed by atoms with E-state index in [1.165, 1.54) is 16.4 Å². The molecule has 1 aromatic heterocycles. The van der Waals surface area contributed by atoms with Crippen LogP contribution in [0.1, 0.15) is 58.9 Å². The number of carbonyl (C=O) groups is 2. The third-order valence-electron chi connectivity index (χ3n) is 7.83. The number of rotatable bonds is 6. The van der Waals surface area contributed by atoms with Crippen molar-refractivity contribution in [2.45, 2.75) is 57.4 Å². The van der Waals surface area contributed by atoms with E-state index in [0.717, 1.165) is 35.2 Å². The molecule has 1 aliphatic heterocycles. The molecular formula is C29H33N3O5S. The zero-order valence-corrected chi connectivity index (χ0v) is 22.6. The van der Waals surface area contributed by atoms with Crippen molar-refractivity contribution in [3.63, 3.8) is 0 Å². The van der Waals surface area contributed by atoms with Gasteiger partial charge in [-0.1, -0.05) is 36.8 Å².